The number of carbonyl (C=O) groups is 2. The van der Waals surface area contributed by atoms with Crippen molar-refractivity contribution in [1.29, 1.82) is 0 Å². The normalized spacial score (nSPS) is 24.1. The second kappa shape index (κ2) is 5.29. The summed E-state index contributed by atoms with van der Waals surface area (Å²) < 4.78 is 10.7. The van der Waals surface area contributed by atoms with Crippen molar-refractivity contribution >= 4 is 11.9 Å². The van der Waals surface area contributed by atoms with E-state index in [0.717, 1.165) is 12.8 Å². The number of rotatable bonds is 3. The van der Waals surface area contributed by atoms with Gasteiger partial charge in [0, 0.05) is 0 Å². The Bertz CT molecular complexity index is 331. The number of ether oxygens (including phenoxy) is 2. The summed E-state index contributed by atoms with van der Waals surface area (Å²) in [5.41, 5.74) is -1.01. The van der Waals surface area contributed by atoms with Crippen LogP contribution < -0.4 is 0 Å². The van der Waals surface area contributed by atoms with Crippen LogP contribution in [0.5, 0.6) is 0 Å². The fourth-order valence-corrected chi connectivity index (χ4v) is 1.76. The minimum absolute atomic E-state index is 0.327. The highest BCUT2D eigenvalue weighted by molar-refractivity contribution is 5.82. The average molecular weight is 256 g/mol. The number of carbonyl (C=O) groups excluding carboxylic acids is 2. The molecule has 4 heteroatoms. The summed E-state index contributed by atoms with van der Waals surface area (Å²) in [7, 11) is 0. The number of esters is 2. The van der Waals surface area contributed by atoms with E-state index in [2.05, 4.69) is 0 Å². The zero-order valence-electron chi connectivity index (χ0n) is 12.0. The molecule has 0 bridgehead atoms. The van der Waals surface area contributed by atoms with Crippen LogP contribution in [0.4, 0.5) is 0 Å². The molecule has 4 nitrogen and oxygen atoms in total. The lowest BCUT2D eigenvalue weighted by atomic mass is 9.90. The van der Waals surface area contributed by atoms with Gasteiger partial charge >= 0.3 is 11.9 Å². The predicted molar refractivity (Wildman–Crippen MR) is 68.0 cm³/mol. The van der Waals surface area contributed by atoms with E-state index in [-0.39, 0.29) is 5.97 Å². The number of cyclic esters (lactones) is 1. The quantitative estimate of drug-likeness (QED) is 0.729. The largest absolute Gasteiger partial charge is 0.457 e. The van der Waals surface area contributed by atoms with Crippen molar-refractivity contribution in [2.24, 2.45) is 5.41 Å². The van der Waals surface area contributed by atoms with Crippen molar-refractivity contribution in [3.8, 4) is 0 Å². The van der Waals surface area contributed by atoms with Crippen LogP contribution in [-0.4, -0.2) is 23.6 Å². The third kappa shape index (κ3) is 3.72. The van der Waals surface area contributed by atoms with E-state index in [1.807, 2.05) is 34.6 Å². The predicted octanol–water partition coefficient (Wildman–Crippen LogP) is 2.84. The van der Waals surface area contributed by atoms with E-state index in [4.69, 9.17) is 9.47 Å². The fourth-order valence-electron chi connectivity index (χ4n) is 1.76. The van der Waals surface area contributed by atoms with E-state index in [9.17, 15) is 9.59 Å². The summed E-state index contributed by atoms with van der Waals surface area (Å²) in [6, 6.07) is 0. The van der Waals surface area contributed by atoms with Crippen LogP contribution in [0, 0.1) is 5.41 Å². The highest BCUT2D eigenvalue weighted by atomic mass is 16.6. The van der Waals surface area contributed by atoms with E-state index >= 15 is 0 Å². The van der Waals surface area contributed by atoms with Crippen molar-refractivity contribution < 1.29 is 19.1 Å². The summed E-state index contributed by atoms with van der Waals surface area (Å²) in [6.45, 7) is 9.33. The third-order valence-corrected chi connectivity index (χ3v) is 3.57. The fraction of sp³-hybridized carbons (Fsp3) is 0.857. The van der Waals surface area contributed by atoms with Crippen LogP contribution in [0.3, 0.4) is 0 Å². The van der Waals surface area contributed by atoms with Crippen LogP contribution in [0.15, 0.2) is 0 Å². The van der Waals surface area contributed by atoms with Gasteiger partial charge in [-0.1, -0.05) is 6.92 Å². The Kier molecular flexibility index (Phi) is 4.41. The van der Waals surface area contributed by atoms with E-state index in [1.54, 1.807) is 0 Å². The Morgan fingerprint density at radius 3 is 2.67 bits per heavy atom. The Labute approximate surface area is 109 Å². The monoisotopic (exact) mass is 256 g/mol. The lowest BCUT2D eigenvalue weighted by Crippen LogP contribution is -2.36. The van der Waals surface area contributed by atoms with E-state index in [1.165, 1.54) is 0 Å². The minimum Gasteiger partial charge on any atom is -0.457 e. The second-order valence-electron chi connectivity index (χ2n) is 6.20. The molecule has 1 fully saturated rings. The zero-order chi connectivity index (χ0) is 14.0. The van der Waals surface area contributed by atoms with Crippen LogP contribution in [0.25, 0.3) is 0 Å². The summed E-state index contributed by atoms with van der Waals surface area (Å²) in [4.78, 5) is 23.8. The van der Waals surface area contributed by atoms with Gasteiger partial charge in [-0.05, 0) is 53.4 Å². The van der Waals surface area contributed by atoms with Crippen LogP contribution in [-0.2, 0) is 19.1 Å². The second-order valence-corrected chi connectivity index (χ2v) is 6.20. The molecule has 1 rings (SSSR count). The zero-order valence-corrected chi connectivity index (χ0v) is 12.0. The van der Waals surface area contributed by atoms with Gasteiger partial charge in [-0.15, -0.1) is 0 Å². The van der Waals surface area contributed by atoms with Crippen LogP contribution in [0.2, 0.25) is 0 Å². The number of hydrogen-bond acceptors (Lipinski definition) is 4. The van der Waals surface area contributed by atoms with Gasteiger partial charge in [0.15, 0.2) is 6.10 Å². The topological polar surface area (TPSA) is 52.6 Å². The van der Waals surface area contributed by atoms with E-state index in [0.29, 0.717) is 12.8 Å². The first-order chi connectivity index (χ1) is 8.18. The van der Waals surface area contributed by atoms with Crippen LogP contribution >= 0.6 is 0 Å². The van der Waals surface area contributed by atoms with Crippen LogP contribution in [0.1, 0.15) is 60.3 Å². The molecule has 1 aliphatic heterocycles. The first kappa shape index (κ1) is 15.0. The van der Waals surface area contributed by atoms with Gasteiger partial charge in [0.25, 0.3) is 0 Å². The molecule has 1 atom stereocenters. The molecule has 1 saturated heterocycles. The van der Waals surface area contributed by atoms with Crippen molar-refractivity contribution in [2.45, 2.75) is 72.0 Å². The molecule has 0 saturated carbocycles. The highest BCUT2D eigenvalue weighted by Crippen LogP contribution is 2.28. The van der Waals surface area contributed by atoms with Crippen molar-refractivity contribution in [1.82, 2.24) is 0 Å². The molecule has 18 heavy (non-hydrogen) atoms. The molecule has 0 aliphatic carbocycles. The first-order valence-electron chi connectivity index (χ1n) is 6.62. The highest BCUT2D eigenvalue weighted by Gasteiger charge is 2.37. The molecule has 0 aromatic rings. The maximum atomic E-state index is 12.0. The molecular weight excluding hydrogens is 232 g/mol. The van der Waals surface area contributed by atoms with Crippen molar-refractivity contribution in [2.75, 3.05) is 0 Å². The molecule has 0 spiro atoms. The summed E-state index contributed by atoms with van der Waals surface area (Å²) in [5, 5.41) is 0. The molecule has 0 amide bonds. The van der Waals surface area contributed by atoms with Gasteiger partial charge in [0.05, 0.1) is 5.41 Å². The molecular formula is C14H24O4. The van der Waals surface area contributed by atoms with Gasteiger partial charge in [-0.25, -0.2) is 4.79 Å². The average Bonchev–Trinajstić information content (AvgIpc) is 2.37. The molecule has 1 heterocycles. The lowest BCUT2D eigenvalue weighted by molar-refractivity contribution is -0.178. The van der Waals surface area contributed by atoms with Gasteiger partial charge in [-0.2, -0.15) is 0 Å². The minimum atomic E-state index is -0.745. The van der Waals surface area contributed by atoms with Gasteiger partial charge < -0.3 is 9.47 Å². The number of hydrogen-bond donors (Lipinski definition) is 0. The maximum Gasteiger partial charge on any atom is 0.347 e. The molecule has 0 N–H and O–H groups in total. The molecule has 1 unspecified atom stereocenters. The molecule has 1 aliphatic rings. The Morgan fingerprint density at radius 1 is 1.50 bits per heavy atom. The molecule has 104 valence electrons. The van der Waals surface area contributed by atoms with Crippen molar-refractivity contribution in [3.05, 3.63) is 0 Å². The van der Waals surface area contributed by atoms with Gasteiger partial charge in [-0.3, -0.25) is 4.79 Å². The Balaban J connectivity index is 2.68. The van der Waals surface area contributed by atoms with Gasteiger partial charge in [0.2, 0.25) is 0 Å². The summed E-state index contributed by atoms with van der Waals surface area (Å²) >= 11 is 0. The smallest absolute Gasteiger partial charge is 0.347 e. The summed E-state index contributed by atoms with van der Waals surface area (Å²) in [5.74, 6) is -0.746. The Hall–Kier alpha value is -1.06. The Morgan fingerprint density at radius 2 is 2.11 bits per heavy atom. The third-order valence-electron chi connectivity index (χ3n) is 3.57. The SMILES string of the molecule is CCC(C)(C)C(=O)OC1CCCC(C)(C)OC1=O. The van der Waals surface area contributed by atoms with E-state index < -0.39 is 23.1 Å². The maximum absolute atomic E-state index is 12.0. The molecule has 0 aromatic carbocycles. The lowest BCUT2D eigenvalue weighted by Gasteiger charge is -2.25. The molecule has 0 aromatic heterocycles. The summed E-state index contributed by atoms with van der Waals surface area (Å²) in [6.07, 6.45) is 2.10. The molecule has 0 radical (unpaired) electrons. The standard InChI is InChI=1S/C14H24O4/c1-6-13(2,3)12(16)17-10-8-7-9-14(4,5)18-11(10)15/h10H,6-9H2,1-5H3. The van der Waals surface area contributed by atoms with Gasteiger partial charge in [0.1, 0.15) is 5.60 Å². The van der Waals surface area contributed by atoms with Crippen molar-refractivity contribution in [3.63, 3.8) is 0 Å². The first-order valence-corrected chi connectivity index (χ1v) is 6.62.